The van der Waals surface area contributed by atoms with E-state index in [9.17, 15) is 23.2 Å². The van der Waals surface area contributed by atoms with Crippen LogP contribution < -0.4 is 5.43 Å². The first-order valence-electron chi connectivity index (χ1n) is 9.14. The van der Waals surface area contributed by atoms with Gasteiger partial charge in [-0.05, 0) is 43.5 Å². The molecule has 0 atom stereocenters. The van der Waals surface area contributed by atoms with Gasteiger partial charge in [-0.2, -0.15) is 0 Å². The number of rotatable bonds is 7. The molecule has 0 N–H and O–H groups in total. The number of carbonyl (C=O) groups is 2. The number of aromatic nitrogens is 1. The number of esters is 1. The first-order chi connectivity index (χ1) is 13.9. The molecule has 0 saturated carbocycles. The Morgan fingerprint density at radius 3 is 2.66 bits per heavy atom. The smallest absolute Gasteiger partial charge is 0.325 e. The molecule has 0 aliphatic heterocycles. The van der Waals surface area contributed by atoms with Crippen LogP contribution in [0.25, 0.3) is 10.9 Å². The maximum atomic E-state index is 14.0. The van der Waals surface area contributed by atoms with Crippen LogP contribution in [0.2, 0.25) is 0 Å². The highest BCUT2D eigenvalue weighted by atomic mass is 19.2. The highest BCUT2D eigenvalue weighted by Gasteiger charge is 2.15. The van der Waals surface area contributed by atoms with Crippen molar-refractivity contribution in [1.29, 1.82) is 0 Å². The lowest BCUT2D eigenvalue weighted by atomic mass is 10.0. The van der Waals surface area contributed by atoms with E-state index in [0.717, 1.165) is 6.07 Å². The number of aldehydes is 1. The Hall–Kier alpha value is -3.35. The number of pyridine rings is 1. The van der Waals surface area contributed by atoms with Crippen LogP contribution >= 0.6 is 0 Å². The van der Waals surface area contributed by atoms with E-state index in [-0.39, 0.29) is 37.0 Å². The fourth-order valence-corrected chi connectivity index (χ4v) is 3.25. The fraction of sp³-hybridized carbons (Fsp3) is 0.227. The Kier molecular flexibility index (Phi) is 6.16. The van der Waals surface area contributed by atoms with Crippen molar-refractivity contribution in [2.45, 2.75) is 26.3 Å². The lowest BCUT2D eigenvalue weighted by Crippen LogP contribution is -2.21. The van der Waals surface area contributed by atoms with Gasteiger partial charge in [-0.15, -0.1) is 0 Å². The maximum absolute atomic E-state index is 14.0. The van der Waals surface area contributed by atoms with E-state index >= 15 is 0 Å². The summed E-state index contributed by atoms with van der Waals surface area (Å²) in [5, 5.41) is 0.348. The number of halogens is 2. The second-order valence-corrected chi connectivity index (χ2v) is 6.50. The average Bonchev–Trinajstić information content (AvgIpc) is 2.71. The van der Waals surface area contributed by atoms with Crippen LogP contribution in [0.4, 0.5) is 8.78 Å². The molecule has 0 amide bonds. The Bertz CT molecular complexity index is 1140. The molecule has 150 valence electrons. The zero-order valence-electron chi connectivity index (χ0n) is 15.8. The zero-order chi connectivity index (χ0) is 21.0. The van der Waals surface area contributed by atoms with Gasteiger partial charge in [0.15, 0.2) is 17.1 Å². The van der Waals surface area contributed by atoms with E-state index < -0.39 is 17.6 Å². The molecule has 0 fully saturated rings. The van der Waals surface area contributed by atoms with E-state index in [1.54, 1.807) is 11.5 Å². The third kappa shape index (κ3) is 4.39. The number of hydrogen-bond acceptors (Lipinski definition) is 4. The summed E-state index contributed by atoms with van der Waals surface area (Å²) in [5.74, 6) is -2.39. The van der Waals surface area contributed by atoms with Crippen LogP contribution in [0.5, 0.6) is 0 Å². The van der Waals surface area contributed by atoms with Gasteiger partial charge in [-0.25, -0.2) is 8.78 Å². The van der Waals surface area contributed by atoms with Gasteiger partial charge in [0.25, 0.3) is 0 Å². The summed E-state index contributed by atoms with van der Waals surface area (Å²) in [6.07, 6.45) is 0.967. The highest BCUT2D eigenvalue weighted by molar-refractivity contribution is 5.87. The summed E-state index contributed by atoms with van der Waals surface area (Å²) in [4.78, 5) is 35.8. The third-order valence-electron chi connectivity index (χ3n) is 4.63. The Labute approximate surface area is 165 Å². The van der Waals surface area contributed by atoms with Crippen molar-refractivity contribution < 1.29 is 23.1 Å². The largest absolute Gasteiger partial charge is 0.465 e. The number of hydrogen-bond donors (Lipinski definition) is 0. The van der Waals surface area contributed by atoms with Crippen molar-refractivity contribution in [3.05, 3.63) is 81.1 Å². The minimum absolute atomic E-state index is 0.130. The second-order valence-electron chi connectivity index (χ2n) is 6.50. The maximum Gasteiger partial charge on any atom is 0.325 e. The van der Waals surface area contributed by atoms with Crippen LogP contribution in [0.15, 0.2) is 47.3 Å². The molecule has 2 aromatic carbocycles. The Morgan fingerprint density at radius 1 is 1.14 bits per heavy atom. The van der Waals surface area contributed by atoms with E-state index in [1.807, 2.05) is 0 Å². The van der Waals surface area contributed by atoms with E-state index in [1.165, 1.54) is 36.4 Å². The number of benzene rings is 2. The van der Waals surface area contributed by atoms with Crippen molar-refractivity contribution in [3.63, 3.8) is 0 Å². The molecule has 0 aliphatic carbocycles. The van der Waals surface area contributed by atoms with Gasteiger partial charge in [0.05, 0.1) is 12.1 Å². The molecular weight excluding hydrogens is 380 g/mol. The molecule has 0 spiro atoms. The van der Waals surface area contributed by atoms with Crippen molar-refractivity contribution in [3.8, 4) is 0 Å². The van der Waals surface area contributed by atoms with Crippen LogP contribution in [-0.4, -0.2) is 23.4 Å². The summed E-state index contributed by atoms with van der Waals surface area (Å²) in [5.41, 5.74) is 1.10. The van der Waals surface area contributed by atoms with Crippen molar-refractivity contribution in [2.75, 3.05) is 6.61 Å². The van der Waals surface area contributed by atoms with Gasteiger partial charge in [-0.3, -0.25) is 14.4 Å². The monoisotopic (exact) mass is 399 g/mol. The van der Waals surface area contributed by atoms with Gasteiger partial charge in [0.2, 0.25) is 0 Å². The van der Waals surface area contributed by atoms with Gasteiger partial charge in [0.1, 0.15) is 12.8 Å². The molecule has 0 saturated heterocycles. The Balaban J connectivity index is 2.08. The summed E-state index contributed by atoms with van der Waals surface area (Å²) < 4.78 is 34.1. The molecule has 29 heavy (non-hydrogen) atoms. The zero-order valence-corrected chi connectivity index (χ0v) is 15.8. The summed E-state index contributed by atoms with van der Waals surface area (Å²) in [6.45, 7) is 1.70. The Morgan fingerprint density at radius 2 is 1.93 bits per heavy atom. The quantitative estimate of drug-likeness (QED) is 0.451. The van der Waals surface area contributed by atoms with E-state index in [0.29, 0.717) is 28.4 Å². The number of ether oxygens (including phenoxy) is 1. The summed E-state index contributed by atoms with van der Waals surface area (Å²) in [6, 6.07) is 9.86. The second kappa shape index (κ2) is 8.77. The SMILES string of the molecule is CCOC(=O)Cn1c(CCc2cccc(F)c2F)cc(=O)c2ccc(C=O)cc21. The molecule has 0 unspecified atom stereocenters. The first kappa shape index (κ1) is 20.4. The molecule has 0 radical (unpaired) electrons. The molecule has 0 bridgehead atoms. The number of aryl methyl sites for hydroxylation is 2. The predicted octanol–water partition coefficient (Wildman–Crippen LogP) is 3.44. The molecule has 1 heterocycles. The lowest BCUT2D eigenvalue weighted by molar-refractivity contribution is -0.143. The van der Waals surface area contributed by atoms with Crippen LogP contribution in [0.1, 0.15) is 28.5 Å². The fourth-order valence-electron chi connectivity index (χ4n) is 3.25. The van der Waals surface area contributed by atoms with Crippen LogP contribution in [0, 0.1) is 11.6 Å². The normalized spacial score (nSPS) is 10.9. The molecule has 5 nitrogen and oxygen atoms in total. The van der Waals surface area contributed by atoms with Crippen molar-refractivity contribution in [1.82, 2.24) is 4.57 Å². The van der Waals surface area contributed by atoms with Crippen LogP contribution in [-0.2, 0) is 28.9 Å². The van der Waals surface area contributed by atoms with Gasteiger partial charge >= 0.3 is 5.97 Å². The summed E-state index contributed by atoms with van der Waals surface area (Å²) in [7, 11) is 0. The first-order valence-corrected chi connectivity index (χ1v) is 9.14. The molecule has 1 aromatic heterocycles. The van der Waals surface area contributed by atoms with Gasteiger partial charge in [0, 0.05) is 22.7 Å². The lowest BCUT2D eigenvalue weighted by Gasteiger charge is -2.17. The molecule has 0 aliphatic rings. The predicted molar refractivity (Wildman–Crippen MR) is 104 cm³/mol. The number of fused-ring (bicyclic) bond motifs is 1. The molecule has 7 heteroatoms. The number of nitrogens with zero attached hydrogens (tertiary/aromatic N) is 1. The molecule has 3 rings (SSSR count). The third-order valence-corrected chi connectivity index (χ3v) is 4.63. The topological polar surface area (TPSA) is 65.4 Å². The van der Waals surface area contributed by atoms with Crippen LogP contribution in [0.3, 0.4) is 0 Å². The van der Waals surface area contributed by atoms with Gasteiger partial charge in [-0.1, -0.05) is 18.2 Å². The van der Waals surface area contributed by atoms with Gasteiger partial charge < -0.3 is 9.30 Å². The molecule has 3 aromatic rings. The van der Waals surface area contributed by atoms with Crippen molar-refractivity contribution in [2.24, 2.45) is 0 Å². The van der Waals surface area contributed by atoms with E-state index in [2.05, 4.69) is 0 Å². The minimum Gasteiger partial charge on any atom is -0.465 e. The summed E-state index contributed by atoms with van der Waals surface area (Å²) >= 11 is 0. The van der Waals surface area contributed by atoms with Crippen molar-refractivity contribution >= 4 is 23.2 Å². The molecular formula is C22H19F2NO4. The average molecular weight is 399 g/mol. The minimum atomic E-state index is -0.944. The van der Waals surface area contributed by atoms with E-state index in [4.69, 9.17) is 4.74 Å². The highest BCUT2D eigenvalue weighted by Crippen LogP contribution is 2.19. The standard InChI is InChI=1S/C22H19F2NO4/c1-2-29-21(28)12-25-16(8-7-15-4-3-5-18(23)22(15)24)11-20(27)17-9-6-14(13-26)10-19(17)25/h3-6,9-11,13H,2,7-8,12H2,1H3. The number of carbonyl (C=O) groups excluding carboxylic acids is 2.